The number of para-hydroxylation sites is 1. The van der Waals surface area contributed by atoms with Crippen molar-refractivity contribution in [3.8, 4) is 0 Å². The number of anilines is 1. The topological polar surface area (TPSA) is 40.6 Å². The second-order valence-corrected chi connectivity index (χ2v) is 8.00. The second kappa shape index (κ2) is 6.90. The molecule has 2 aliphatic heterocycles. The Labute approximate surface area is 166 Å². The molecular formula is C22H21F3N2O2. The molecule has 0 bridgehead atoms. The lowest BCUT2D eigenvalue weighted by Crippen LogP contribution is -2.34. The molecule has 2 heterocycles. The fraction of sp³-hybridized carbons (Fsp3) is 0.364. The predicted molar refractivity (Wildman–Crippen MR) is 103 cm³/mol. The lowest BCUT2D eigenvalue weighted by atomic mass is 9.86. The third kappa shape index (κ3) is 3.61. The van der Waals surface area contributed by atoms with Crippen LogP contribution in [0.2, 0.25) is 0 Å². The van der Waals surface area contributed by atoms with Crippen LogP contribution in [0.3, 0.4) is 0 Å². The van der Waals surface area contributed by atoms with Crippen LogP contribution in [0.4, 0.5) is 18.9 Å². The van der Waals surface area contributed by atoms with Gasteiger partial charge in [-0.05, 0) is 43.2 Å². The van der Waals surface area contributed by atoms with Crippen LogP contribution in [0.1, 0.15) is 34.3 Å². The molecule has 2 amide bonds. The van der Waals surface area contributed by atoms with Crippen LogP contribution >= 0.6 is 0 Å². The predicted octanol–water partition coefficient (Wildman–Crippen LogP) is 4.28. The van der Waals surface area contributed by atoms with Gasteiger partial charge in [0, 0.05) is 42.7 Å². The number of likely N-dealkylation sites (tertiary alicyclic amines) is 1. The first-order chi connectivity index (χ1) is 13.7. The summed E-state index contributed by atoms with van der Waals surface area (Å²) < 4.78 is 38.9. The van der Waals surface area contributed by atoms with Gasteiger partial charge in [0.15, 0.2) is 0 Å². The van der Waals surface area contributed by atoms with Crippen molar-refractivity contribution in [1.29, 1.82) is 0 Å². The van der Waals surface area contributed by atoms with E-state index in [4.69, 9.17) is 0 Å². The lowest BCUT2D eigenvalue weighted by molar-refractivity contribution is -0.137. The molecule has 2 aliphatic rings. The zero-order valence-electron chi connectivity index (χ0n) is 16.0. The Morgan fingerprint density at radius 1 is 1.07 bits per heavy atom. The van der Waals surface area contributed by atoms with Crippen molar-refractivity contribution in [1.82, 2.24) is 4.90 Å². The van der Waals surface area contributed by atoms with E-state index in [2.05, 4.69) is 0 Å². The molecule has 0 radical (unpaired) electrons. The Balaban J connectivity index is 1.52. The van der Waals surface area contributed by atoms with E-state index in [1.165, 1.54) is 12.1 Å². The van der Waals surface area contributed by atoms with Crippen molar-refractivity contribution >= 4 is 17.5 Å². The molecule has 2 fully saturated rings. The van der Waals surface area contributed by atoms with Crippen molar-refractivity contribution < 1.29 is 22.8 Å². The Bertz CT molecular complexity index is 973. The van der Waals surface area contributed by atoms with E-state index in [-0.39, 0.29) is 16.9 Å². The summed E-state index contributed by atoms with van der Waals surface area (Å²) in [5.41, 5.74) is 0.720. The van der Waals surface area contributed by atoms with E-state index in [0.717, 1.165) is 23.4 Å². The molecule has 0 aliphatic carbocycles. The van der Waals surface area contributed by atoms with Crippen LogP contribution in [-0.2, 0) is 11.0 Å². The summed E-state index contributed by atoms with van der Waals surface area (Å²) in [6, 6.07) is 12.2. The van der Waals surface area contributed by atoms with Gasteiger partial charge in [0.2, 0.25) is 5.91 Å². The summed E-state index contributed by atoms with van der Waals surface area (Å²) in [7, 11) is 0. The SMILES string of the molecule is Cc1ccccc1N1C[C@@]2(CCN(C(=O)c3cccc(C(F)(F)F)c3)C2)CC1=O. The zero-order chi connectivity index (χ0) is 20.8. The van der Waals surface area contributed by atoms with Crippen molar-refractivity contribution in [3.05, 3.63) is 65.2 Å². The number of aryl methyl sites for hydroxylation is 1. The largest absolute Gasteiger partial charge is 0.416 e. The van der Waals surface area contributed by atoms with Gasteiger partial charge < -0.3 is 9.80 Å². The van der Waals surface area contributed by atoms with Crippen molar-refractivity contribution in [3.63, 3.8) is 0 Å². The first-order valence-corrected chi connectivity index (χ1v) is 9.51. The van der Waals surface area contributed by atoms with Gasteiger partial charge in [0.1, 0.15) is 0 Å². The van der Waals surface area contributed by atoms with Crippen molar-refractivity contribution in [2.24, 2.45) is 5.41 Å². The molecule has 0 aromatic heterocycles. The van der Waals surface area contributed by atoms with E-state index in [1.54, 1.807) is 9.80 Å². The average molecular weight is 402 g/mol. The number of alkyl halides is 3. The summed E-state index contributed by atoms with van der Waals surface area (Å²) in [6.45, 7) is 3.27. The normalized spacial score (nSPS) is 22.0. The van der Waals surface area contributed by atoms with Crippen molar-refractivity contribution in [2.75, 3.05) is 24.5 Å². The van der Waals surface area contributed by atoms with Crippen LogP contribution in [-0.4, -0.2) is 36.3 Å². The fourth-order valence-corrected chi connectivity index (χ4v) is 4.37. The molecule has 152 valence electrons. The molecule has 0 unspecified atom stereocenters. The summed E-state index contributed by atoms with van der Waals surface area (Å²) in [5.74, 6) is -0.401. The monoisotopic (exact) mass is 402 g/mol. The Morgan fingerprint density at radius 2 is 1.83 bits per heavy atom. The molecular weight excluding hydrogens is 381 g/mol. The second-order valence-electron chi connectivity index (χ2n) is 8.00. The summed E-state index contributed by atoms with van der Waals surface area (Å²) >= 11 is 0. The number of carbonyl (C=O) groups is 2. The Hall–Kier alpha value is -2.83. The van der Waals surface area contributed by atoms with Crippen LogP contribution in [0.5, 0.6) is 0 Å². The number of hydrogen-bond acceptors (Lipinski definition) is 2. The van der Waals surface area contributed by atoms with Gasteiger partial charge in [0.25, 0.3) is 5.91 Å². The molecule has 4 rings (SSSR count). The summed E-state index contributed by atoms with van der Waals surface area (Å²) in [5, 5.41) is 0. The number of carbonyl (C=O) groups excluding carboxylic acids is 2. The molecule has 29 heavy (non-hydrogen) atoms. The zero-order valence-corrected chi connectivity index (χ0v) is 16.0. The van der Waals surface area contributed by atoms with Crippen molar-refractivity contribution in [2.45, 2.75) is 25.9 Å². The first kappa shape index (κ1) is 19.5. The number of amides is 2. The number of halogens is 3. The van der Waals surface area contributed by atoms with E-state index < -0.39 is 17.6 Å². The number of hydrogen-bond donors (Lipinski definition) is 0. The van der Waals surface area contributed by atoms with Gasteiger partial charge in [-0.15, -0.1) is 0 Å². The summed E-state index contributed by atoms with van der Waals surface area (Å²) in [6.07, 6.45) is -3.49. The Kier molecular flexibility index (Phi) is 4.63. The highest BCUT2D eigenvalue weighted by atomic mass is 19.4. The maximum Gasteiger partial charge on any atom is 0.416 e. The molecule has 2 aromatic rings. The maximum absolute atomic E-state index is 13.0. The first-order valence-electron chi connectivity index (χ1n) is 9.51. The number of benzene rings is 2. The quantitative estimate of drug-likeness (QED) is 0.752. The van der Waals surface area contributed by atoms with Gasteiger partial charge >= 0.3 is 6.18 Å². The van der Waals surface area contributed by atoms with Gasteiger partial charge in [0.05, 0.1) is 5.56 Å². The van der Waals surface area contributed by atoms with Crippen LogP contribution in [0.15, 0.2) is 48.5 Å². The fourth-order valence-electron chi connectivity index (χ4n) is 4.37. The van der Waals surface area contributed by atoms with Crippen LogP contribution in [0.25, 0.3) is 0 Å². The highest BCUT2D eigenvalue weighted by Gasteiger charge is 2.49. The van der Waals surface area contributed by atoms with E-state index in [1.807, 2.05) is 31.2 Å². The van der Waals surface area contributed by atoms with Gasteiger partial charge in [-0.1, -0.05) is 24.3 Å². The van der Waals surface area contributed by atoms with E-state index >= 15 is 0 Å². The van der Waals surface area contributed by atoms with Gasteiger partial charge in [-0.3, -0.25) is 9.59 Å². The molecule has 1 spiro atoms. The molecule has 2 saturated heterocycles. The molecule has 1 atom stereocenters. The molecule has 4 nitrogen and oxygen atoms in total. The minimum Gasteiger partial charge on any atom is -0.338 e. The smallest absolute Gasteiger partial charge is 0.338 e. The Morgan fingerprint density at radius 3 is 2.55 bits per heavy atom. The minimum atomic E-state index is -4.49. The van der Waals surface area contributed by atoms with Gasteiger partial charge in [-0.25, -0.2) is 0 Å². The minimum absolute atomic E-state index is 0.0210. The molecule has 0 saturated carbocycles. The lowest BCUT2D eigenvalue weighted by Gasteiger charge is -2.25. The van der Waals surface area contributed by atoms with E-state index in [9.17, 15) is 22.8 Å². The third-order valence-electron chi connectivity index (χ3n) is 5.89. The molecule has 0 N–H and O–H groups in total. The molecule has 7 heteroatoms. The highest BCUT2D eigenvalue weighted by molar-refractivity contribution is 5.98. The third-order valence-corrected chi connectivity index (χ3v) is 5.89. The van der Waals surface area contributed by atoms with E-state index in [0.29, 0.717) is 32.5 Å². The number of nitrogens with zero attached hydrogens (tertiary/aromatic N) is 2. The van der Waals surface area contributed by atoms with Crippen LogP contribution in [0, 0.1) is 12.3 Å². The van der Waals surface area contributed by atoms with Gasteiger partial charge in [-0.2, -0.15) is 13.2 Å². The number of rotatable bonds is 2. The average Bonchev–Trinajstić information content (AvgIpc) is 3.24. The maximum atomic E-state index is 13.0. The van der Waals surface area contributed by atoms with Crippen LogP contribution < -0.4 is 4.90 Å². The standard InChI is InChI=1S/C22H21F3N2O2/c1-15-5-2-3-8-18(15)27-14-21(12-19(27)28)9-10-26(13-21)20(29)16-6-4-7-17(11-16)22(23,24)25/h2-8,11H,9-10,12-14H2,1H3/t21-/m0/s1. The molecule has 2 aromatic carbocycles. The summed E-state index contributed by atoms with van der Waals surface area (Å²) in [4.78, 5) is 28.8. The highest BCUT2D eigenvalue weighted by Crippen LogP contribution is 2.43.